The lowest BCUT2D eigenvalue weighted by atomic mass is 10.1. The van der Waals surface area contributed by atoms with Gasteiger partial charge in [-0.3, -0.25) is 4.79 Å². The highest BCUT2D eigenvalue weighted by molar-refractivity contribution is 5.94. The van der Waals surface area contributed by atoms with Crippen molar-refractivity contribution in [2.45, 2.75) is 27.4 Å². The molecule has 0 aromatic heterocycles. The van der Waals surface area contributed by atoms with Gasteiger partial charge in [-0.2, -0.15) is 5.10 Å². The Balaban J connectivity index is 1.68. The van der Waals surface area contributed by atoms with Crippen LogP contribution in [0.15, 0.2) is 71.8 Å². The third-order valence-corrected chi connectivity index (χ3v) is 4.57. The molecule has 0 spiro atoms. The van der Waals surface area contributed by atoms with Gasteiger partial charge in [0, 0.05) is 5.56 Å². The number of benzene rings is 3. The Morgan fingerprint density at radius 3 is 2.53 bits per heavy atom. The fourth-order valence-electron chi connectivity index (χ4n) is 2.92. The first-order chi connectivity index (χ1) is 14.6. The molecule has 0 aliphatic carbocycles. The summed E-state index contributed by atoms with van der Waals surface area (Å²) in [6, 6.07) is 20.9. The molecule has 0 saturated heterocycles. The number of ether oxygens (including phenoxy) is 2. The molecule has 154 valence electrons. The molecule has 1 N–H and O–H groups in total. The molecule has 3 rings (SSSR count). The van der Waals surface area contributed by atoms with Crippen molar-refractivity contribution in [3.8, 4) is 11.5 Å². The summed E-state index contributed by atoms with van der Waals surface area (Å²) < 4.78 is 11.8. The van der Waals surface area contributed by atoms with E-state index >= 15 is 0 Å². The number of carbonyl (C=O) groups excluding carboxylic acids is 1. The summed E-state index contributed by atoms with van der Waals surface area (Å²) in [4.78, 5) is 12.1. The Morgan fingerprint density at radius 2 is 1.77 bits per heavy atom. The van der Waals surface area contributed by atoms with Gasteiger partial charge in [-0.25, -0.2) is 5.43 Å². The second-order valence-corrected chi connectivity index (χ2v) is 6.92. The first-order valence-corrected chi connectivity index (χ1v) is 9.91. The highest BCUT2D eigenvalue weighted by Crippen LogP contribution is 2.29. The van der Waals surface area contributed by atoms with E-state index in [2.05, 4.69) is 42.6 Å². The molecule has 3 aromatic carbocycles. The van der Waals surface area contributed by atoms with E-state index in [4.69, 9.17) is 9.47 Å². The first-order valence-electron chi connectivity index (χ1n) is 9.91. The maximum absolute atomic E-state index is 12.1. The Bertz CT molecular complexity index is 1030. The van der Waals surface area contributed by atoms with Crippen LogP contribution in [0.5, 0.6) is 11.5 Å². The highest BCUT2D eigenvalue weighted by Gasteiger charge is 2.08. The van der Waals surface area contributed by atoms with Gasteiger partial charge in [0.1, 0.15) is 6.61 Å². The molecule has 5 heteroatoms. The van der Waals surface area contributed by atoms with Crippen molar-refractivity contribution in [2.75, 3.05) is 6.61 Å². The summed E-state index contributed by atoms with van der Waals surface area (Å²) >= 11 is 0. The monoisotopic (exact) mass is 402 g/mol. The third kappa shape index (κ3) is 5.70. The van der Waals surface area contributed by atoms with Crippen LogP contribution in [-0.2, 0) is 6.61 Å². The van der Waals surface area contributed by atoms with Crippen molar-refractivity contribution in [1.29, 1.82) is 0 Å². The Morgan fingerprint density at radius 1 is 0.967 bits per heavy atom. The molecule has 0 aliphatic rings. The van der Waals surface area contributed by atoms with Crippen molar-refractivity contribution in [3.63, 3.8) is 0 Å². The predicted octanol–water partition coefficient (Wildman–Crippen LogP) is 5.05. The van der Waals surface area contributed by atoms with Crippen molar-refractivity contribution in [2.24, 2.45) is 5.10 Å². The summed E-state index contributed by atoms with van der Waals surface area (Å²) in [7, 11) is 0. The summed E-state index contributed by atoms with van der Waals surface area (Å²) in [6.07, 6.45) is 1.58. The van der Waals surface area contributed by atoms with Gasteiger partial charge in [0.25, 0.3) is 5.91 Å². The topological polar surface area (TPSA) is 59.9 Å². The predicted molar refractivity (Wildman–Crippen MR) is 119 cm³/mol. The van der Waals surface area contributed by atoms with Crippen LogP contribution in [0, 0.1) is 13.8 Å². The van der Waals surface area contributed by atoms with Gasteiger partial charge in [-0.15, -0.1) is 0 Å². The Hall–Kier alpha value is -3.60. The standard InChI is InChI=1S/C25H26N2O3/c1-4-29-24-15-20(16-26-27-25(28)21-8-6-5-7-9-21)12-13-23(24)30-17-22-14-18(2)10-11-19(22)3/h5-16H,4,17H2,1-3H3,(H,27,28)/b26-16+. The van der Waals surface area contributed by atoms with Crippen LogP contribution in [0.1, 0.15) is 39.5 Å². The number of hydrazone groups is 1. The minimum absolute atomic E-state index is 0.259. The minimum atomic E-state index is -0.259. The highest BCUT2D eigenvalue weighted by atomic mass is 16.5. The lowest BCUT2D eigenvalue weighted by Crippen LogP contribution is -2.17. The molecule has 0 bridgehead atoms. The number of rotatable bonds is 8. The maximum atomic E-state index is 12.1. The zero-order chi connectivity index (χ0) is 21.3. The molecule has 0 unspecified atom stereocenters. The van der Waals surface area contributed by atoms with Gasteiger partial charge in [0.05, 0.1) is 12.8 Å². The average Bonchev–Trinajstić information content (AvgIpc) is 2.76. The molecule has 3 aromatic rings. The van der Waals surface area contributed by atoms with Gasteiger partial charge >= 0.3 is 0 Å². The van der Waals surface area contributed by atoms with E-state index in [0.717, 1.165) is 11.1 Å². The SMILES string of the molecule is CCOc1cc(/C=N/NC(=O)c2ccccc2)ccc1OCc1cc(C)ccc1C. The normalized spacial score (nSPS) is 10.8. The molecule has 0 fully saturated rings. The Labute approximate surface area is 177 Å². The van der Waals surface area contributed by atoms with Crippen LogP contribution in [0.4, 0.5) is 0 Å². The van der Waals surface area contributed by atoms with Crippen LogP contribution < -0.4 is 14.9 Å². The summed E-state index contributed by atoms with van der Waals surface area (Å²) in [5.41, 5.74) is 7.42. The van der Waals surface area contributed by atoms with Gasteiger partial charge < -0.3 is 9.47 Å². The zero-order valence-corrected chi connectivity index (χ0v) is 17.5. The molecular weight excluding hydrogens is 376 g/mol. The van der Waals surface area contributed by atoms with Gasteiger partial charge in [0.2, 0.25) is 0 Å². The smallest absolute Gasteiger partial charge is 0.271 e. The summed E-state index contributed by atoms with van der Waals surface area (Å²) in [6.45, 7) is 7.05. The maximum Gasteiger partial charge on any atom is 0.271 e. The molecule has 0 radical (unpaired) electrons. The fraction of sp³-hybridized carbons (Fsp3) is 0.200. The molecule has 1 amide bonds. The summed E-state index contributed by atoms with van der Waals surface area (Å²) in [5, 5.41) is 4.04. The van der Waals surface area contributed by atoms with Crippen LogP contribution in [0.25, 0.3) is 0 Å². The minimum Gasteiger partial charge on any atom is -0.490 e. The van der Waals surface area contributed by atoms with E-state index in [0.29, 0.717) is 30.3 Å². The van der Waals surface area contributed by atoms with Crippen molar-refractivity contribution in [3.05, 3.63) is 94.5 Å². The quantitative estimate of drug-likeness (QED) is 0.424. The molecule has 0 aliphatic heterocycles. The number of carbonyl (C=O) groups is 1. The van der Waals surface area contributed by atoms with Crippen molar-refractivity contribution < 1.29 is 14.3 Å². The number of hydrogen-bond donors (Lipinski definition) is 1. The van der Waals surface area contributed by atoms with E-state index in [1.54, 1.807) is 18.3 Å². The first kappa shape index (κ1) is 21.1. The van der Waals surface area contributed by atoms with E-state index in [1.807, 2.05) is 43.3 Å². The Kier molecular flexibility index (Phi) is 7.22. The molecule has 30 heavy (non-hydrogen) atoms. The number of nitrogens with one attached hydrogen (secondary N) is 1. The van der Waals surface area contributed by atoms with Gasteiger partial charge in [-0.05, 0) is 67.8 Å². The van der Waals surface area contributed by atoms with Crippen LogP contribution in [0.3, 0.4) is 0 Å². The average molecular weight is 402 g/mol. The van der Waals surface area contributed by atoms with Crippen LogP contribution >= 0.6 is 0 Å². The molecular formula is C25H26N2O3. The molecule has 0 saturated carbocycles. The van der Waals surface area contributed by atoms with E-state index in [-0.39, 0.29) is 5.91 Å². The van der Waals surface area contributed by atoms with E-state index in [1.165, 1.54) is 11.1 Å². The van der Waals surface area contributed by atoms with Gasteiger partial charge in [-0.1, -0.05) is 42.0 Å². The fourth-order valence-corrected chi connectivity index (χ4v) is 2.92. The van der Waals surface area contributed by atoms with Crippen molar-refractivity contribution in [1.82, 2.24) is 5.43 Å². The second kappa shape index (κ2) is 10.3. The molecule has 5 nitrogen and oxygen atoms in total. The number of aryl methyl sites for hydroxylation is 2. The van der Waals surface area contributed by atoms with E-state index < -0.39 is 0 Å². The van der Waals surface area contributed by atoms with Gasteiger partial charge in [0.15, 0.2) is 11.5 Å². The molecule has 0 atom stereocenters. The number of amides is 1. The second-order valence-electron chi connectivity index (χ2n) is 6.92. The van der Waals surface area contributed by atoms with Crippen molar-refractivity contribution >= 4 is 12.1 Å². The number of hydrogen-bond acceptors (Lipinski definition) is 4. The third-order valence-electron chi connectivity index (χ3n) is 4.57. The zero-order valence-electron chi connectivity index (χ0n) is 17.5. The van der Waals surface area contributed by atoms with Crippen LogP contribution in [0.2, 0.25) is 0 Å². The largest absolute Gasteiger partial charge is 0.490 e. The lowest BCUT2D eigenvalue weighted by molar-refractivity contribution is 0.0955. The number of nitrogens with zero attached hydrogens (tertiary/aromatic N) is 1. The lowest BCUT2D eigenvalue weighted by Gasteiger charge is -2.14. The summed E-state index contributed by atoms with van der Waals surface area (Å²) in [5.74, 6) is 1.05. The van der Waals surface area contributed by atoms with E-state index in [9.17, 15) is 4.79 Å². The van der Waals surface area contributed by atoms with Crippen LogP contribution in [-0.4, -0.2) is 18.7 Å². The molecule has 0 heterocycles.